The number of anilines is 1. The Morgan fingerprint density at radius 3 is 2.42 bits per heavy atom. The summed E-state index contributed by atoms with van der Waals surface area (Å²) < 4.78 is 6.46. The molecule has 1 amide bonds. The van der Waals surface area contributed by atoms with E-state index in [9.17, 15) is 19.8 Å². The summed E-state index contributed by atoms with van der Waals surface area (Å²) in [5, 5.41) is 20.9. The molecule has 2 N–H and O–H groups in total. The maximum Gasteiger partial charge on any atom is 0.227 e. The van der Waals surface area contributed by atoms with Crippen LogP contribution in [0.4, 0.5) is 5.69 Å². The van der Waals surface area contributed by atoms with Gasteiger partial charge in [0.25, 0.3) is 0 Å². The molecule has 0 radical (unpaired) electrons. The van der Waals surface area contributed by atoms with Crippen LogP contribution in [0.1, 0.15) is 86.9 Å². The molecule has 6 heteroatoms. The van der Waals surface area contributed by atoms with Gasteiger partial charge in [-0.1, -0.05) is 42.8 Å². The second-order valence-corrected chi connectivity index (χ2v) is 12.3. The van der Waals surface area contributed by atoms with Crippen LogP contribution < -0.4 is 4.90 Å². The van der Waals surface area contributed by atoms with Crippen molar-refractivity contribution in [2.75, 3.05) is 11.9 Å². The van der Waals surface area contributed by atoms with Gasteiger partial charge in [0, 0.05) is 19.0 Å². The van der Waals surface area contributed by atoms with Crippen LogP contribution in [-0.4, -0.2) is 41.2 Å². The smallest absolute Gasteiger partial charge is 0.227 e. The Kier molecular flexibility index (Phi) is 8.55. The van der Waals surface area contributed by atoms with Gasteiger partial charge in [-0.15, -0.1) is 0 Å². The number of hydrogen-bond acceptors (Lipinski definition) is 5. The van der Waals surface area contributed by atoms with Crippen LogP contribution in [0.25, 0.3) is 16.7 Å². The number of aliphatic hydroxyl groups excluding tert-OH is 2. The largest absolute Gasteiger partial charge is 0.392 e. The number of rotatable bonds is 7. The standard InChI is InChI=1S/C34H43NO5/c1-19-9-10-24(15-20(19)2)30-22(4)29(23-11-12-25(17-36)21(3)16-23)31(26-13-14-28(39)35(8)32(26)30)33(27(38)18-37)40-34(5,6)7/h10-12,15-16,18-19,27,33,36,38H,9,13-14,17H2,1-8H3. The predicted molar refractivity (Wildman–Crippen MR) is 160 cm³/mol. The summed E-state index contributed by atoms with van der Waals surface area (Å²) in [4.78, 5) is 27.0. The van der Waals surface area contributed by atoms with E-state index in [4.69, 9.17) is 4.74 Å². The summed E-state index contributed by atoms with van der Waals surface area (Å²) >= 11 is 0. The van der Waals surface area contributed by atoms with Gasteiger partial charge in [-0.25, -0.2) is 0 Å². The van der Waals surface area contributed by atoms with Crippen molar-refractivity contribution < 1.29 is 24.5 Å². The lowest BCUT2D eigenvalue weighted by Gasteiger charge is -2.38. The molecule has 214 valence electrons. The summed E-state index contributed by atoms with van der Waals surface area (Å²) in [6.45, 7) is 14.0. The molecule has 0 fully saturated rings. The maximum atomic E-state index is 13.1. The highest BCUT2D eigenvalue weighted by Gasteiger charge is 2.38. The number of hydrogen-bond donors (Lipinski definition) is 2. The molecule has 0 spiro atoms. The van der Waals surface area contributed by atoms with Crippen molar-refractivity contribution in [1.29, 1.82) is 0 Å². The van der Waals surface area contributed by atoms with Gasteiger partial charge in [0.1, 0.15) is 12.2 Å². The second-order valence-electron chi connectivity index (χ2n) is 12.3. The van der Waals surface area contributed by atoms with E-state index < -0.39 is 17.8 Å². The molecule has 0 aromatic heterocycles. The Hall–Kier alpha value is -3.06. The average Bonchev–Trinajstić information content (AvgIpc) is 2.89. The van der Waals surface area contributed by atoms with E-state index in [0.717, 1.165) is 62.2 Å². The van der Waals surface area contributed by atoms with Gasteiger partial charge in [0.2, 0.25) is 5.91 Å². The van der Waals surface area contributed by atoms with Gasteiger partial charge in [0.15, 0.2) is 6.29 Å². The highest BCUT2D eigenvalue weighted by molar-refractivity contribution is 6.03. The minimum absolute atomic E-state index is 0.0321. The number of ether oxygens (including phenoxy) is 1. The highest BCUT2D eigenvalue weighted by atomic mass is 16.5. The molecule has 0 bridgehead atoms. The lowest BCUT2D eigenvalue weighted by molar-refractivity contribution is -0.137. The first-order valence-corrected chi connectivity index (χ1v) is 14.2. The molecule has 1 aliphatic heterocycles. The third kappa shape index (κ3) is 5.58. The van der Waals surface area contributed by atoms with Gasteiger partial charge < -0.3 is 24.6 Å². The lowest BCUT2D eigenvalue weighted by Crippen LogP contribution is -2.36. The van der Waals surface area contributed by atoms with Gasteiger partial charge in [-0.3, -0.25) is 4.79 Å². The number of allylic oxidation sites excluding steroid dienone is 4. The Morgan fingerprint density at radius 2 is 1.85 bits per heavy atom. The van der Waals surface area contributed by atoms with E-state index in [-0.39, 0.29) is 12.5 Å². The fourth-order valence-electron chi connectivity index (χ4n) is 6.01. The molecule has 3 unspecified atom stereocenters. The minimum Gasteiger partial charge on any atom is -0.392 e. The van der Waals surface area contributed by atoms with Crippen LogP contribution in [0.5, 0.6) is 0 Å². The van der Waals surface area contributed by atoms with E-state index in [2.05, 4.69) is 32.9 Å². The molecular formula is C34H43NO5. The number of aldehydes is 1. The zero-order valence-electron chi connectivity index (χ0n) is 25.1. The molecular weight excluding hydrogens is 502 g/mol. The van der Waals surface area contributed by atoms with Gasteiger partial charge >= 0.3 is 0 Å². The predicted octanol–water partition coefficient (Wildman–Crippen LogP) is 6.16. The monoisotopic (exact) mass is 545 g/mol. The molecule has 2 aromatic rings. The van der Waals surface area contributed by atoms with E-state index in [1.54, 1.807) is 4.90 Å². The van der Waals surface area contributed by atoms with E-state index in [1.807, 2.05) is 52.9 Å². The first-order valence-electron chi connectivity index (χ1n) is 14.2. The minimum atomic E-state index is -1.40. The molecule has 2 aliphatic rings. The van der Waals surface area contributed by atoms with Crippen LogP contribution in [0, 0.1) is 19.8 Å². The maximum absolute atomic E-state index is 13.1. The Bertz CT molecular complexity index is 1390. The van der Waals surface area contributed by atoms with Crippen LogP contribution >= 0.6 is 0 Å². The summed E-state index contributed by atoms with van der Waals surface area (Å²) in [7, 11) is 1.81. The average molecular weight is 546 g/mol. The number of carbonyl (C=O) groups excluding carboxylic acids is 2. The number of benzene rings is 2. The highest BCUT2D eigenvalue weighted by Crippen LogP contribution is 2.50. The quantitative estimate of drug-likeness (QED) is 0.407. The molecule has 4 rings (SSSR count). The molecule has 1 aliphatic carbocycles. The molecule has 6 nitrogen and oxygen atoms in total. The summed E-state index contributed by atoms with van der Waals surface area (Å²) in [6.07, 6.45) is 4.37. The Balaban J connectivity index is 2.18. The fraction of sp³-hybridized carbons (Fsp3) is 0.471. The number of carbonyl (C=O) groups is 2. The van der Waals surface area contributed by atoms with Crippen molar-refractivity contribution in [2.45, 2.75) is 92.1 Å². The van der Waals surface area contributed by atoms with E-state index in [0.29, 0.717) is 25.0 Å². The number of amides is 1. The molecule has 3 atom stereocenters. The van der Waals surface area contributed by atoms with Gasteiger partial charge in [0.05, 0.1) is 17.9 Å². The summed E-state index contributed by atoms with van der Waals surface area (Å²) in [6, 6.07) is 5.95. The third-order valence-corrected chi connectivity index (χ3v) is 8.32. The molecule has 0 saturated heterocycles. The topological polar surface area (TPSA) is 87.1 Å². The number of aliphatic hydroxyl groups is 2. The Morgan fingerprint density at radius 1 is 1.15 bits per heavy atom. The van der Waals surface area contributed by atoms with Crippen molar-refractivity contribution in [2.24, 2.45) is 5.92 Å². The number of fused-ring (bicyclic) bond motifs is 1. The van der Waals surface area contributed by atoms with Crippen molar-refractivity contribution >= 4 is 23.5 Å². The molecule has 1 heterocycles. The van der Waals surface area contributed by atoms with E-state index in [1.165, 1.54) is 5.57 Å². The SMILES string of the molecule is CC1=CC(c2c(C)c(-c3ccc(CO)c(C)c3)c(C(OC(C)(C)C)C(O)C=O)c3c2N(C)C(=O)CC3)=CCC1C. The lowest BCUT2D eigenvalue weighted by atomic mass is 9.76. The zero-order valence-corrected chi connectivity index (χ0v) is 25.1. The number of aryl methyl sites for hydroxylation is 1. The zero-order chi connectivity index (χ0) is 29.5. The summed E-state index contributed by atoms with van der Waals surface area (Å²) in [5.74, 6) is 0.476. The molecule has 0 saturated carbocycles. The number of nitrogens with zero attached hydrogens (tertiary/aromatic N) is 1. The van der Waals surface area contributed by atoms with Crippen molar-refractivity contribution in [3.05, 3.63) is 69.3 Å². The van der Waals surface area contributed by atoms with Gasteiger partial charge in [-0.2, -0.15) is 0 Å². The van der Waals surface area contributed by atoms with Crippen LogP contribution in [-0.2, 0) is 27.4 Å². The fourth-order valence-corrected chi connectivity index (χ4v) is 6.01. The van der Waals surface area contributed by atoms with Crippen molar-refractivity contribution in [1.82, 2.24) is 0 Å². The summed E-state index contributed by atoms with van der Waals surface area (Å²) in [5.41, 5.74) is 9.73. The second kappa shape index (κ2) is 11.4. The van der Waals surface area contributed by atoms with E-state index >= 15 is 0 Å². The third-order valence-electron chi connectivity index (χ3n) is 8.32. The van der Waals surface area contributed by atoms with Crippen LogP contribution in [0.2, 0.25) is 0 Å². The van der Waals surface area contributed by atoms with Crippen LogP contribution in [0.3, 0.4) is 0 Å². The molecule has 40 heavy (non-hydrogen) atoms. The molecule has 2 aromatic carbocycles. The van der Waals surface area contributed by atoms with Crippen molar-refractivity contribution in [3.8, 4) is 11.1 Å². The van der Waals surface area contributed by atoms with Crippen LogP contribution in [0.15, 0.2) is 35.9 Å². The Labute approximate surface area is 238 Å². The first-order chi connectivity index (χ1) is 18.8. The van der Waals surface area contributed by atoms with Gasteiger partial charge in [-0.05, 0) is 105 Å². The first kappa shape index (κ1) is 29.9. The van der Waals surface area contributed by atoms with Crippen molar-refractivity contribution in [3.63, 3.8) is 0 Å². The normalized spacial score (nSPS) is 19.1.